The first-order chi connectivity index (χ1) is 3.34. The second-order valence-electron chi connectivity index (χ2n) is 2.21. The Morgan fingerprint density at radius 1 is 1.71 bits per heavy atom. The van der Waals surface area contributed by atoms with Gasteiger partial charge in [0.05, 0.1) is 12.7 Å². The van der Waals surface area contributed by atoms with Crippen LogP contribution in [0, 0.1) is 5.92 Å². The molecule has 1 nitrogen and oxygen atoms in total. The number of hydrogen-bond donors (Lipinski definition) is 0. The zero-order valence-electron chi connectivity index (χ0n) is 4.98. The van der Waals surface area contributed by atoms with E-state index in [1.807, 2.05) is 0 Å². The van der Waals surface area contributed by atoms with Gasteiger partial charge in [-0.15, -0.1) is 0 Å². The first kappa shape index (κ1) is 5.10. The third-order valence-electron chi connectivity index (χ3n) is 1.76. The zero-order valence-corrected chi connectivity index (χ0v) is 4.98. The average molecular weight is 100 g/mol. The topological polar surface area (TPSA) is 9.23 Å². The molecule has 1 heterocycles. The molecule has 42 valence electrons. The van der Waals surface area contributed by atoms with Crippen LogP contribution in [-0.4, -0.2) is 12.7 Å². The van der Waals surface area contributed by atoms with Crippen LogP contribution in [0.25, 0.3) is 0 Å². The van der Waals surface area contributed by atoms with Crippen molar-refractivity contribution in [1.82, 2.24) is 0 Å². The fourth-order valence-corrected chi connectivity index (χ4v) is 0.875. The minimum absolute atomic E-state index is 0.546. The first-order valence-electron chi connectivity index (χ1n) is 2.96. The van der Waals surface area contributed by atoms with Crippen LogP contribution in [0.5, 0.6) is 0 Å². The molecule has 2 atom stereocenters. The molecule has 0 saturated carbocycles. The van der Waals surface area contributed by atoms with Crippen LogP contribution in [-0.2, 0) is 4.74 Å². The van der Waals surface area contributed by atoms with Crippen LogP contribution >= 0.6 is 0 Å². The van der Waals surface area contributed by atoms with Crippen molar-refractivity contribution in [2.45, 2.75) is 26.4 Å². The molecule has 0 aromatic heterocycles. The summed E-state index contributed by atoms with van der Waals surface area (Å²) in [5.41, 5.74) is 0. The molecule has 1 fully saturated rings. The molecule has 0 amide bonds. The standard InChI is InChI=1S/C6H12O/c1-3-6-4-7-5(6)2/h5-6H,3-4H2,1-2H3/t5-,6?/m1/s1. The molecule has 0 spiro atoms. The monoisotopic (exact) mass is 100 g/mol. The van der Waals surface area contributed by atoms with Crippen LogP contribution in [0.1, 0.15) is 20.3 Å². The Morgan fingerprint density at radius 2 is 2.43 bits per heavy atom. The normalized spacial score (nSPS) is 40.3. The molecule has 1 heteroatoms. The summed E-state index contributed by atoms with van der Waals surface area (Å²) in [6.45, 7) is 5.35. The van der Waals surface area contributed by atoms with Crippen molar-refractivity contribution in [1.29, 1.82) is 0 Å². The second kappa shape index (κ2) is 1.83. The molecule has 0 bridgehead atoms. The van der Waals surface area contributed by atoms with E-state index in [4.69, 9.17) is 4.74 Å². The minimum Gasteiger partial charge on any atom is -0.378 e. The maximum absolute atomic E-state index is 5.13. The lowest BCUT2D eigenvalue weighted by molar-refractivity contribution is -0.103. The van der Waals surface area contributed by atoms with Crippen LogP contribution in [0.2, 0.25) is 0 Å². The molecule has 1 rings (SSSR count). The van der Waals surface area contributed by atoms with Gasteiger partial charge in [0, 0.05) is 5.92 Å². The van der Waals surface area contributed by atoms with Gasteiger partial charge in [-0.2, -0.15) is 0 Å². The molecule has 0 aliphatic carbocycles. The third-order valence-corrected chi connectivity index (χ3v) is 1.76. The van der Waals surface area contributed by atoms with Crippen LogP contribution in [0.4, 0.5) is 0 Å². The maximum atomic E-state index is 5.13. The molecule has 1 saturated heterocycles. The summed E-state index contributed by atoms with van der Waals surface area (Å²) in [7, 11) is 0. The van der Waals surface area contributed by atoms with E-state index in [1.54, 1.807) is 0 Å². The molecule has 1 aliphatic rings. The first-order valence-corrected chi connectivity index (χ1v) is 2.96. The third kappa shape index (κ3) is 0.778. The molecule has 0 aromatic rings. The van der Waals surface area contributed by atoms with Gasteiger partial charge in [0.1, 0.15) is 0 Å². The number of rotatable bonds is 1. The SMILES string of the molecule is CCC1CO[C@@H]1C. The minimum atomic E-state index is 0.546. The summed E-state index contributed by atoms with van der Waals surface area (Å²) in [5.74, 6) is 0.861. The summed E-state index contributed by atoms with van der Waals surface area (Å²) < 4.78 is 5.13. The van der Waals surface area contributed by atoms with Gasteiger partial charge in [-0.3, -0.25) is 0 Å². The maximum Gasteiger partial charge on any atom is 0.0597 e. The Morgan fingerprint density at radius 3 is 2.43 bits per heavy atom. The van der Waals surface area contributed by atoms with E-state index in [9.17, 15) is 0 Å². The van der Waals surface area contributed by atoms with Gasteiger partial charge in [-0.1, -0.05) is 6.92 Å². The van der Waals surface area contributed by atoms with Crippen LogP contribution in [0.15, 0.2) is 0 Å². The van der Waals surface area contributed by atoms with E-state index in [0.29, 0.717) is 6.10 Å². The zero-order chi connectivity index (χ0) is 5.28. The Balaban J connectivity index is 2.16. The Bertz CT molecular complexity index is 59.2. The van der Waals surface area contributed by atoms with Gasteiger partial charge in [-0.25, -0.2) is 0 Å². The molecule has 1 unspecified atom stereocenters. The highest BCUT2D eigenvalue weighted by atomic mass is 16.5. The van der Waals surface area contributed by atoms with Gasteiger partial charge >= 0.3 is 0 Å². The smallest absolute Gasteiger partial charge is 0.0597 e. The van der Waals surface area contributed by atoms with E-state index in [-0.39, 0.29) is 0 Å². The molecule has 0 aromatic carbocycles. The molecule has 0 radical (unpaired) electrons. The van der Waals surface area contributed by atoms with Gasteiger partial charge < -0.3 is 4.74 Å². The largest absolute Gasteiger partial charge is 0.378 e. The van der Waals surface area contributed by atoms with Crippen molar-refractivity contribution >= 4 is 0 Å². The fraction of sp³-hybridized carbons (Fsp3) is 1.00. The Kier molecular flexibility index (Phi) is 1.33. The summed E-state index contributed by atoms with van der Waals surface area (Å²) >= 11 is 0. The quantitative estimate of drug-likeness (QED) is 0.484. The lowest BCUT2D eigenvalue weighted by atomic mass is 9.97. The highest BCUT2D eigenvalue weighted by molar-refractivity contribution is 4.72. The second-order valence-corrected chi connectivity index (χ2v) is 2.21. The lowest BCUT2D eigenvalue weighted by Crippen LogP contribution is -2.36. The molecular formula is C6H12O. The summed E-state index contributed by atoms with van der Waals surface area (Å²) in [6.07, 6.45) is 1.83. The summed E-state index contributed by atoms with van der Waals surface area (Å²) in [6, 6.07) is 0. The van der Waals surface area contributed by atoms with E-state index in [0.717, 1.165) is 12.5 Å². The number of ether oxygens (including phenoxy) is 1. The van der Waals surface area contributed by atoms with Crippen molar-refractivity contribution in [3.63, 3.8) is 0 Å². The van der Waals surface area contributed by atoms with Crippen molar-refractivity contribution in [3.05, 3.63) is 0 Å². The lowest BCUT2D eigenvalue weighted by Gasteiger charge is -2.33. The van der Waals surface area contributed by atoms with Crippen LogP contribution < -0.4 is 0 Å². The summed E-state index contributed by atoms with van der Waals surface area (Å²) in [5, 5.41) is 0. The highest BCUT2D eigenvalue weighted by Gasteiger charge is 2.25. The number of hydrogen-bond acceptors (Lipinski definition) is 1. The molecule has 1 aliphatic heterocycles. The average Bonchev–Trinajstić information content (AvgIpc) is 1.65. The fourth-order valence-electron chi connectivity index (χ4n) is 0.875. The Hall–Kier alpha value is -0.0400. The van der Waals surface area contributed by atoms with Gasteiger partial charge in [0.2, 0.25) is 0 Å². The predicted molar refractivity (Wildman–Crippen MR) is 29.2 cm³/mol. The highest BCUT2D eigenvalue weighted by Crippen LogP contribution is 2.21. The van der Waals surface area contributed by atoms with E-state index >= 15 is 0 Å². The van der Waals surface area contributed by atoms with Crippen molar-refractivity contribution < 1.29 is 4.74 Å². The van der Waals surface area contributed by atoms with E-state index < -0.39 is 0 Å². The predicted octanol–water partition coefficient (Wildman–Crippen LogP) is 1.43. The van der Waals surface area contributed by atoms with Crippen molar-refractivity contribution in [3.8, 4) is 0 Å². The van der Waals surface area contributed by atoms with Crippen molar-refractivity contribution in [2.24, 2.45) is 5.92 Å². The molecular weight excluding hydrogens is 88.1 g/mol. The Labute approximate surface area is 44.7 Å². The van der Waals surface area contributed by atoms with Gasteiger partial charge in [0.15, 0.2) is 0 Å². The summed E-state index contributed by atoms with van der Waals surface area (Å²) in [4.78, 5) is 0. The van der Waals surface area contributed by atoms with Crippen molar-refractivity contribution in [2.75, 3.05) is 6.61 Å². The molecule has 0 N–H and O–H groups in total. The van der Waals surface area contributed by atoms with E-state index in [1.165, 1.54) is 6.42 Å². The van der Waals surface area contributed by atoms with Crippen LogP contribution in [0.3, 0.4) is 0 Å². The van der Waals surface area contributed by atoms with E-state index in [2.05, 4.69) is 13.8 Å². The van der Waals surface area contributed by atoms with Gasteiger partial charge in [-0.05, 0) is 13.3 Å². The van der Waals surface area contributed by atoms with Gasteiger partial charge in [0.25, 0.3) is 0 Å². The molecule has 7 heavy (non-hydrogen) atoms.